The van der Waals surface area contributed by atoms with Crippen LogP contribution in [0.25, 0.3) is 0 Å². The number of quaternary nitrogens is 1. The minimum absolute atomic E-state index is 1.37. The average molecular weight is 860 g/mol. The number of rotatable bonds is 56. The quantitative estimate of drug-likeness (QED) is 0.0422. The number of hydrogen-bond donors (Lipinski definition) is 0. The van der Waals surface area contributed by atoms with Crippen molar-refractivity contribution >= 4 is 0 Å². The third-order valence-corrected chi connectivity index (χ3v) is 14.9. The Hall–Kier alpha value is -0.0400. The van der Waals surface area contributed by atoms with Crippen LogP contribution in [0.3, 0.4) is 0 Å². The molecular weight excluding hydrogens is 735 g/mol. The minimum atomic E-state index is 1.37. The molecule has 1 nitrogen and oxygen atoms in total. The van der Waals surface area contributed by atoms with Gasteiger partial charge in [0.15, 0.2) is 0 Å². The summed E-state index contributed by atoms with van der Waals surface area (Å²) in [5, 5.41) is 0. The van der Waals surface area contributed by atoms with Crippen LogP contribution in [0.5, 0.6) is 0 Å². The molecule has 0 amide bonds. The standard InChI is InChI=1S/C60H124N/c1-5-9-13-17-21-24-27-30-33-36-39-42-46-50-54-58-61(57-53-49-45-20-16-12-8-4,59-55-51-47-43-40-37-34-31-28-25-22-18-14-10-6-2)60-56-52-48-44-41-38-35-32-29-26-23-19-15-11-7-3/h5-60H2,1-4H3/q+1. The molecule has 61 heavy (non-hydrogen) atoms. The van der Waals surface area contributed by atoms with Gasteiger partial charge in [-0.15, -0.1) is 0 Å². The van der Waals surface area contributed by atoms with Crippen molar-refractivity contribution in [1.29, 1.82) is 0 Å². The van der Waals surface area contributed by atoms with E-state index in [1.807, 2.05) is 0 Å². The molecule has 0 aliphatic carbocycles. The summed E-state index contributed by atoms with van der Waals surface area (Å²) >= 11 is 0. The first-order chi connectivity index (χ1) is 30.2. The zero-order valence-electron chi connectivity index (χ0n) is 44.0. The van der Waals surface area contributed by atoms with E-state index in [0.29, 0.717) is 0 Å². The van der Waals surface area contributed by atoms with Crippen molar-refractivity contribution in [3.05, 3.63) is 0 Å². The smallest absolute Gasteiger partial charge is 0.0786 e. The van der Waals surface area contributed by atoms with E-state index in [1.165, 1.54) is 365 Å². The predicted octanol–water partition coefficient (Wildman–Crippen LogP) is 22.2. The van der Waals surface area contributed by atoms with Gasteiger partial charge in [-0.05, 0) is 51.4 Å². The lowest BCUT2D eigenvalue weighted by atomic mass is 10.0. The summed E-state index contributed by atoms with van der Waals surface area (Å²) in [6, 6.07) is 0. The van der Waals surface area contributed by atoms with Gasteiger partial charge in [0, 0.05) is 0 Å². The van der Waals surface area contributed by atoms with Crippen LogP contribution < -0.4 is 0 Å². The van der Waals surface area contributed by atoms with E-state index in [4.69, 9.17) is 0 Å². The van der Waals surface area contributed by atoms with E-state index in [2.05, 4.69) is 27.7 Å². The van der Waals surface area contributed by atoms with Crippen LogP contribution in [0.15, 0.2) is 0 Å². The first-order valence-corrected chi connectivity index (χ1v) is 30.1. The largest absolute Gasteiger partial charge is 0.324 e. The van der Waals surface area contributed by atoms with Crippen LogP contribution in [0.4, 0.5) is 0 Å². The fraction of sp³-hybridized carbons (Fsp3) is 1.00. The van der Waals surface area contributed by atoms with Gasteiger partial charge in [-0.25, -0.2) is 0 Å². The van der Waals surface area contributed by atoms with Gasteiger partial charge in [-0.3, -0.25) is 0 Å². The van der Waals surface area contributed by atoms with Gasteiger partial charge in [-0.2, -0.15) is 0 Å². The van der Waals surface area contributed by atoms with Gasteiger partial charge >= 0.3 is 0 Å². The van der Waals surface area contributed by atoms with E-state index >= 15 is 0 Å². The molecule has 0 rings (SSSR count). The molecular formula is C60H124N+. The van der Waals surface area contributed by atoms with Crippen LogP contribution in [0, 0.1) is 0 Å². The van der Waals surface area contributed by atoms with Gasteiger partial charge < -0.3 is 4.48 Å². The SMILES string of the molecule is CCCCCCCCCCCCCCCCC[N+](CCCCCCCCC)(CCCCCCCCCCCCCCCCC)CCCCCCCCCCCCCCCCC. The van der Waals surface area contributed by atoms with Crippen LogP contribution in [0.2, 0.25) is 0 Å². The zero-order chi connectivity index (χ0) is 44.1. The maximum Gasteiger partial charge on any atom is 0.0786 e. The molecule has 368 valence electrons. The van der Waals surface area contributed by atoms with Crippen LogP contribution in [-0.4, -0.2) is 30.7 Å². The highest BCUT2D eigenvalue weighted by atomic mass is 15.3. The summed E-state index contributed by atoms with van der Waals surface area (Å²) < 4.78 is 1.49. The van der Waals surface area contributed by atoms with Gasteiger partial charge in [0.25, 0.3) is 0 Å². The highest BCUT2D eigenvalue weighted by Crippen LogP contribution is 2.22. The molecule has 0 aromatic heterocycles. The number of nitrogens with zero attached hydrogens (tertiary/aromatic N) is 1. The summed E-state index contributed by atoms with van der Waals surface area (Å²) in [6.07, 6.45) is 76.7. The Kier molecular flexibility index (Phi) is 54.3. The van der Waals surface area contributed by atoms with E-state index in [-0.39, 0.29) is 0 Å². The maximum atomic E-state index is 2.36. The van der Waals surface area contributed by atoms with Crippen molar-refractivity contribution in [1.82, 2.24) is 0 Å². The monoisotopic (exact) mass is 859 g/mol. The summed E-state index contributed by atoms with van der Waals surface area (Å²) in [6.45, 7) is 15.3. The molecule has 0 aromatic carbocycles. The van der Waals surface area contributed by atoms with E-state index in [0.717, 1.165) is 0 Å². The van der Waals surface area contributed by atoms with Gasteiger partial charge in [-0.1, -0.05) is 310 Å². The molecule has 0 atom stereocenters. The van der Waals surface area contributed by atoms with Crippen molar-refractivity contribution in [2.24, 2.45) is 0 Å². The van der Waals surface area contributed by atoms with Crippen LogP contribution in [-0.2, 0) is 0 Å². The summed E-state index contributed by atoms with van der Waals surface area (Å²) in [4.78, 5) is 0. The molecule has 0 spiro atoms. The Morgan fingerprint density at radius 1 is 0.131 bits per heavy atom. The van der Waals surface area contributed by atoms with Crippen LogP contribution >= 0.6 is 0 Å². The fourth-order valence-electron chi connectivity index (χ4n) is 10.5. The van der Waals surface area contributed by atoms with Crippen molar-refractivity contribution in [2.45, 2.75) is 362 Å². The van der Waals surface area contributed by atoms with E-state index in [9.17, 15) is 0 Å². The third-order valence-electron chi connectivity index (χ3n) is 14.9. The summed E-state index contributed by atoms with van der Waals surface area (Å²) in [7, 11) is 0. The molecule has 0 aromatic rings. The molecule has 0 saturated heterocycles. The molecule has 0 heterocycles. The Morgan fingerprint density at radius 2 is 0.230 bits per heavy atom. The molecule has 1 heteroatoms. The first-order valence-electron chi connectivity index (χ1n) is 30.1. The molecule has 0 unspecified atom stereocenters. The number of unbranched alkanes of at least 4 members (excludes halogenated alkanes) is 48. The Bertz CT molecular complexity index is 660. The molecule has 0 radical (unpaired) electrons. The Labute approximate surface area is 390 Å². The van der Waals surface area contributed by atoms with Gasteiger partial charge in [0.05, 0.1) is 26.2 Å². The van der Waals surface area contributed by atoms with E-state index in [1.54, 1.807) is 0 Å². The summed E-state index contributed by atoms with van der Waals surface area (Å²) in [5.41, 5.74) is 0. The second kappa shape index (κ2) is 54.3. The van der Waals surface area contributed by atoms with Crippen molar-refractivity contribution in [3.8, 4) is 0 Å². The molecule has 0 saturated carbocycles. The topological polar surface area (TPSA) is 0 Å². The molecule has 0 aliphatic heterocycles. The highest BCUT2D eigenvalue weighted by Gasteiger charge is 2.25. The first kappa shape index (κ1) is 61.0. The van der Waals surface area contributed by atoms with Crippen LogP contribution in [0.1, 0.15) is 362 Å². The Morgan fingerprint density at radius 3 is 0.344 bits per heavy atom. The Balaban J connectivity index is 4.76. The second-order valence-corrected chi connectivity index (χ2v) is 21.2. The highest BCUT2D eigenvalue weighted by molar-refractivity contribution is 4.57. The molecule has 0 N–H and O–H groups in total. The number of hydrogen-bond acceptors (Lipinski definition) is 0. The molecule has 0 fully saturated rings. The maximum absolute atomic E-state index is 2.36. The lowest BCUT2D eigenvalue weighted by Gasteiger charge is -2.40. The third kappa shape index (κ3) is 49.2. The summed E-state index contributed by atoms with van der Waals surface area (Å²) in [5.74, 6) is 0. The lowest BCUT2D eigenvalue weighted by molar-refractivity contribution is -0.929. The van der Waals surface area contributed by atoms with Gasteiger partial charge in [0.1, 0.15) is 0 Å². The average Bonchev–Trinajstić information content (AvgIpc) is 3.27. The zero-order valence-corrected chi connectivity index (χ0v) is 44.0. The fourth-order valence-corrected chi connectivity index (χ4v) is 10.5. The molecule has 0 bridgehead atoms. The lowest BCUT2D eigenvalue weighted by Crippen LogP contribution is -2.50. The van der Waals surface area contributed by atoms with Crippen molar-refractivity contribution in [2.75, 3.05) is 26.2 Å². The van der Waals surface area contributed by atoms with Crippen molar-refractivity contribution < 1.29 is 4.48 Å². The minimum Gasteiger partial charge on any atom is -0.324 e. The predicted molar refractivity (Wildman–Crippen MR) is 283 cm³/mol. The van der Waals surface area contributed by atoms with E-state index < -0.39 is 0 Å². The normalized spacial score (nSPS) is 12.0. The van der Waals surface area contributed by atoms with Gasteiger partial charge in [0.2, 0.25) is 0 Å². The molecule has 0 aliphatic rings. The van der Waals surface area contributed by atoms with Crippen molar-refractivity contribution in [3.63, 3.8) is 0 Å². The second-order valence-electron chi connectivity index (χ2n) is 21.2.